The second-order valence-electron chi connectivity index (χ2n) is 5.43. The number of thioether (sulfide) groups is 1. The predicted molar refractivity (Wildman–Crippen MR) is 87.0 cm³/mol. The molecule has 2 N–H and O–H groups in total. The Morgan fingerprint density at radius 2 is 2.18 bits per heavy atom. The van der Waals surface area contributed by atoms with Gasteiger partial charge in [-0.25, -0.2) is 4.98 Å². The van der Waals surface area contributed by atoms with Crippen molar-refractivity contribution in [3.8, 4) is 0 Å². The number of pyridine rings is 1. The highest BCUT2D eigenvalue weighted by atomic mass is 32.2. The number of nitrogens with zero attached hydrogens (tertiary/aromatic N) is 1. The van der Waals surface area contributed by atoms with Crippen molar-refractivity contribution in [1.29, 1.82) is 0 Å². The molecule has 1 aromatic carbocycles. The molecule has 0 fully saturated rings. The van der Waals surface area contributed by atoms with Crippen LogP contribution in [0.3, 0.4) is 0 Å². The van der Waals surface area contributed by atoms with Crippen molar-refractivity contribution in [1.82, 2.24) is 10.3 Å². The number of rotatable bonds is 4. The molecule has 1 aliphatic carbocycles. The second-order valence-corrected chi connectivity index (χ2v) is 6.23. The molecule has 3 rings (SSSR count). The Hall–Kier alpha value is -1.85. The summed E-state index contributed by atoms with van der Waals surface area (Å²) in [7, 11) is 0. The fraction of sp³-hybridized carbons (Fsp3) is 0.294. The van der Waals surface area contributed by atoms with Crippen LogP contribution in [0.15, 0.2) is 47.6 Å². The first-order chi connectivity index (χ1) is 10.6. The quantitative estimate of drug-likeness (QED) is 0.851. The molecule has 1 aliphatic rings. The van der Waals surface area contributed by atoms with Crippen LogP contribution < -0.4 is 5.32 Å². The minimum absolute atomic E-state index is 0.199. The van der Waals surface area contributed by atoms with Crippen molar-refractivity contribution in [3.63, 3.8) is 0 Å². The molecule has 1 amide bonds. The maximum atomic E-state index is 12.4. The monoisotopic (exact) mass is 314 g/mol. The van der Waals surface area contributed by atoms with Crippen molar-refractivity contribution < 1.29 is 9.90 Å². The summed E-state index contributed by atoms with van der Waals surface area (Å²) in [6.45, 7) is 0.214. The molecule has 0 unspecified atom stereocenters. The van der Waals surface area contributed by atoms with Crippen molar-refractivity contribution in [2.45, 2.75) is 23.5 Å². The summed E-state index contributed by atoms with van der Waals surface area (Å²) in [5, 5.41) is 14.4. The van der Waals surface area contributed by atoms with Gasteiger partial charge in [0.05, 0.1) is 12.1 Å². The van der Waals surface area contributed by atoms with Gasteiger partial charge in [0.15, 0.2) is 0 Å². The number of carbonyl (C=O) groups excluding carboxylic acids is 1. The maximum Gasteiger partial charge on any atom is 0.254 e. The molecule has 0 saturated heterocycles. The average Bonchev–Trinajstić information content (AvgIpc) is 2.91. The fourth-order valence-electron chi connectivity index (χ4n) is 2.90. The molecular formula is C17H18N2O2S. The SMILES string of the molecule is CSc1ncccc1C(=O)NC[C@@]1(O)CCc2ccccc21. The number of benzene rings is 1. The summed E-state index contributed by atoms with van der Waals surface area (Å²) < 4.78 is 0. The smallest absolute Gasteiger partial charge is 0.254 e. The zero-order valence-electron chi connectivity index (χ0n) is 12.4. The van der Waals surface area contributed by atoms with Crippen LogP contribution in [-0.4, -0.2) is 28.8 Å². The number of hydrogen-bond acceptors (Lipinski definition) is 4. The van der Waals surface area contributed by atoms with Gasteiger partial charge in [-0.05, 0) is 42.4 Å². The Kier molecular flexibility index (Phi) is 4.18. The Balaban J connectivity index is 1.74. The number of carbonyl (C=O) groups is 1. The zero-order chi connectivity index (χ0) is 15.6. The minimum Gasteiger partial charge on any atom is -0.383 e. The molecule has 1 aromatic heterocycles. The number of aliphatic hydroxyl groups is 1. The molecule has 2 aromatic rings. The van der Waals surface area contributed by atoms with Crippen LogP contribution in [0.25, 0.3) is 0 Å². The molecule has 0 saturated carbocycles. The summed E-state index contributed by atoms with van der Waals surface area (Å²) in [6.07, 6.45) is 5.03. The van der Waals surface area contributed by atoms with Gasteiger partial charge in [-0.1, -0.05) is 24.3 Å². The van der Waals surface area contributed by atoms with E-state index in [1.54, 1.807) is 18.3 Å². The number of amides is 1. The van der Waals surface area contributed by atoms with E-state index in [2.05, 4.69) is 10.3 Å². The Morgan fingerprint density at radius 1 is 1.36 bits per heavy atom. The Morgan fingerprint density at radius 3 is 3.00 bits per heavy atom. The van der Waals surface area contributed by atoms with Crippen molar-refractivity contribution >= 4 is 17.7 Å². The highest BCUT2D eigenvalue weighted by molar-refractivity contribution is 7.98. The van der Waals surface area contributed by atoms with E-state index in [0.717, 1.165) is 17.5 Å². The van der Waals surface area contributed by atoms with Gasteiger partial charge in [-0.3, -0.25) is 4.79 Å². The van der Waals surface area contributed by atoms with Gasteiger partial charge in [0.25, 0.3) is 5.91 Å². The van der Waals surface area contributed by atoms with E-state index in [1.807, 2.05) is 30.5 Å². The van der Waals surface area contributed by atoms with Crippen LogP contribution >= 0.6 is 11.8 Å². The van der Waals surface area contributed by atoms with Gasteiger partial charge in [0, 0.05) is 6.20 Å². The predicted octanol–water partition coefficient (Wildman–Crippen LogP) is 2.37. The zero-order valence-corrected chi connectivity index (χ0v) is 13.2. The molecule has 0 radical (unpaired) electrons. The van der Waals surface area contributed by atoms with E-state index in [9.17, 15) is 9.90 Å². The third-order valence-electron chi connectivity index (χ3n) is 4.08. The summed E-state index contributed by atoms with van der Waals surface area (Å²) in [6, 6.07) is 11.4. The van der Waals surface area contributed by atoms with Crippen molar-refractivity contribution in [3.05, 3.63) is 59.3 Å². The minimum atomic E-state index is -0.978. The van der Waals surface area contributed by atoms with Gasteiger partial charge >= 0.3 is 0 Å². The lowest BCUT2D eigenvalue weighted by Gasteiger charge is -2.24. The van der Waals surface area contributed by atoms with E-state index < -0.39 is 5.60 Å². The van der Waals surface area contributed by atoms with E-state index in [-0.39, 0.29) is 12.5 Å². The largest absolute Gasteiger partial charge is 0.383 e. The number of hydrogen-bond donors (Lipinski definition) is 2. The van der Waals surface area contributed by atoms with Gasteiger partial charge in [-0.15, -0.1) is 11.8 Å². The van der Waals surface area contributed by atoms with E-state index >= 15 is 0 Å². The first kappa shape index (κ1) is 15.1. The Bertz CT molecular complexity index is 705. The standard InChI is InChI=1S/C17H18N2O2S/c1-22-16-13(6-4-10-18-16)15(20)19-11-17(21)9-8-12-5-2-3-7-14(12)17/h2-7,10,21H,8-9,11H2,1H3,(H,19,20)/t17-/m0/s1. The molecular weight excluding hydrogens is 296 g/mol. The highest BCUT2D eigenvalue weighted by Crippen LogP contribution is 2.36. The Labute approximate surface area is 134 Å². The van der Waals surface area contributed by atoms with Crippen molar-refractivity contribution in [2.75, 3.05) is 12.8 Å². The second kappa shape index (κ2) is 6.10. The topological polar surface area (TPSA) is 62.2 Å². The van der Waals surface area contributed by atoms with Gasteiger partial charge < -0.3 is 10.4 Å². The lowest BCUT2D eigenvalue weighted by molar-refractivity contribution is 0.0369. The summed E-state index contributed by atoms with van der Waals surface area (Å²) in [5.74, 6) is -0.199. The summed E-state index contributed by atoms with van der Waals surface area (Å²) in [5.41, 5.74) is 1.65. The third kappa shape index (κ3) is 2.74. The number of nitrogens with one attached hydrogen (secondary N) is 1. The van der Waals surface area contributed by atoms with Crippen LogP contribution in [0.1, 0.15) is 27.9 Å². The molecule has 4 nitrogen and oxygen atoms in total. The lowest BCUT2D eigenvalue weighted by atomic mass is 9.96. The lowest BCUT2D eigenvalue weighted by Crippen LogP contribution is -2.39. The number of aryl methyl sites for hydroxylation is 1. The van der Waals surface area contributed by atoms with Crippen LogP contribution in [0, 0.1) is 0 Å². The van der Waals surface area contributed by atoms with Gasteiger partial charge in [-0.2, -0.15) is 0 Å². The average molecular weight is 314 g/mol. The third-order valence-corrected chi connectivity index (χ3v) is 4.79. The summed E-state index contributed by atoms with van der Waals surface area (Å²) in [4.78, 5) is 16.6. The summed E-state index contributed by atoms with van der Waals surface area (Å²) >= 11 is 1.44. The molecule has 1 heterocycles. The maximum absolute atomic E-state index is 12.4. The molecule has 0 bridgehead atoms. The van der Waals surface area contributed by atoms with E-state index in [1.165, 1.54) is 11.8 Å². The van der Waals surface area contributed by atoms with Crippen LogP contribution in [-0.2, 0) is 12.0 Å². The molecule has 0 aliphatic heterocycles. The van der Waals surface area contributed by atoms with Crippen LogP contribution in [0.5, 0.6) is 0 Å². The number of aromatic nitrogens is 1. The molecule has 0 spiro atoms. The first-order valence-corrected chi connectivity index (χ1v) is 8.44. The fourth-order valence-corrected chi connectivity index (χ4v) is 3.45. The normalized spacial score (nSPS) is 19.7. The van der Waals surface area contributed by atoms with Gasteiger partial charge in [0.2, 0.25) is 0 Å². The van der Waals surface area contributed by atoms with Crippen molar-refractivity contribution in [2.24, 2.45) is 0 Å². The molecule has 1 atom stereocenters. The first-order valence-electron chi connectivity index (χ1n) is 7.22. The van der Waals surface area contributed by atoms with Crippen LogP contribution in [0.4, 0.5) is 0 Å². The highest BCUT2D eigenvalue weighted by Gasteiger charge is 2.36. The van der Waals surface area contributed by atoms with Crippen LogP contribution in [0.2, 0.25) is 0 Å². The molecule has 114 valence electrons. The van der Waals surface area contributed by atoms with E-state index in [4.69, 9.17) is 0 Å². The molecule has 5 heteroatoms. The van der Waals surface area contributed by atoms with Gasteiger partial charge in [0.1, 0.15) is 10.6 Å². The van der Waals surface area contributed by atoms with E-state index in [0.29, 0.717) is 17.0 Å². The molecule has 22 heavy (non-hydrogen) atoms. The number of fused-ring (bicyclic) bond motifs is 1.